The summed E-state index contributed by atoms with van der Waals surface area (Å²) in [5.74, 6) is 1.85. The van der Waals surface area contributed by atoms with E-state index in [0.29, 0.717) is 35.3 Å². The highest BCUT2D eigenvalue weighted by Crippen LogP contribution is 2.38. The van der Waals surface area contributed by atoms with Crippen LogP contribution in [-0.4, -0.2) is 53.0 Å². The Morgan fingerprint density at radius 2 is 2.03 bits per heavy atom. The quantitative estimate of drug-likeness (QED) is 0.311. The number of hydrogen-bond donors (Lipinski definition) is 3. The molecule has 9 heteroatoms. The molecule has 1 aliphatic rings. The highest BCUT2D eigenvalue weighted by Gasteiger charge is 2.21. The summed E-state index contributed by atoms with van der Waals surface area (Å²) >= 11 is 6.45. The number of aromatic nitrogens is 1. The Hall–Kier alpha value is -3.59. The number of methoxy groups -OCH3 is 1. The molecule has 3 N–H and O–H groups in total. The van der Waals surface area contributed by atoms with Crippen molar-refractivity contribution < 1.29 is 19.4 Å². The standard InChI is InChI=1S/C29H33ClN4O4/c1-6-27(35)34-13-10-18(11-14-34)20-16-21-24(17-26(20)37-5)31-12-9-25(21)38-19-7-8-23(22(30)15-19)32-28(36)33-29(2,3)4/h6-10,12,15-17,27,35H,1,11,13-14H2,2-5H3,(H2,32,33,36). The van der Waals surface area contributed by atoms with Gasteiger partial charge in [-0.05, 0) is 63.1 Å². The second-order valence-electron chi connectivity index (χ2n) is 10.1. The number of aliphatic hydroxyl groups is 1. The molecular weight excluding hydrogens is 504 g/mol. The molecule has 0 saturated carbocycles. The van der Waals surface area contributed by atoms with Crippen molar-refractivity contribution in [1.29, 1.82) is 0 Å². The SMILES string of the molecule is C=CC(O)N1CC=C(c2cc3c(Oc4ccc(NC(=O)NC(C)(C)C)c(Cl)c4)ccnc3cc2OC)CC1. The number of carbonyl (C=O) groups is 1. The first-order valence-electron chi connectivity index (χ1n) is 12.4. The highest BCUT2D eigenvalue weighted by molar-refractivity contribution is 6.33. The fourth-order valence-corrected chi connectivity index (χ4v) is 4.48. The van der Waals surface area contributed by atoms with Crippen molar-refractivity contribution in [1.82, 2.24) is 15.2 Å². The summed E-state index contributed by atoms with van der Waals surface area (Å²) in [6.45, 7) is 10.7. The number of carbonyl (C=O) groups excluding carboxylic acids is 1. The van der Waals surface area contributed by atoms with Gasteiger partial charge in [0.05, 0.1) is 23.3 Å². The third-order valence-electron chi connectivity index (χ3n) is 6.10. The van der Waals surface area contributed by atoms with E-state index in [1.165, 1.54) is 6.08 Å². The van der Waals surface area contributed by atoms with E-state index in [1.54, 1.807) is 37.6 Å². The number of anilines is 1. The van der Waals surface area contributed by atoms with Gasteiger partial charge in [-0.1, -0.05) is 24.3 Å². The molecule has 2 heterocycles. The van der Waals surface area contributed by atoms with E-state index in [-0.39, 0.29) is 11.6 Å². The Morgan fingerprint density at radius 3 is 2.66 bits per heavy atom. The molecule has 0 spiro atoms. The third kappa shape index (κ3) is 6.45. The zero-order chi connectivity index (χ0) is 27.4. The second kappa shape index (κ2) is 11.4. The highest BCUT2D eigenvalue weighted by atomic mass is 35.5. The van der Waals surface area contributed by atoms with Gasteiger partial charge in [0.25, 0.3) is 0 Å². The Morgan fingerprint density at radius 1 is 1.24 bits per heavy atom. The van der Waals surface area contributed by atoms with E-state index in [0.717, 1.165) is 34.2 Å². The molecule has 1 aliphatic heterocycles. The van der Waals surface area contributed by atoms with Crippen molar-refractivity contribution in [3.8, 4) is 17.2 Å². The summed E-state index contributed by atoms with van der Waals surface area (Å²) < 4.78 is 11.9. The van der Waals surface area contributed by atoms with E-state index >= 15 is 0 Å². The van der Waals surface area contributed by atoms with Gasteiger partial charge in [-0.15, -0.1) is 0 Å². The van der Waals surface area contributed by atoms with Gasteiger partial charge in [0.2, 0.25) is 0 Å². The minimum atomic E-state index is -0.670. The average Bonchev–Trinajstić information content (AvgIpc) is 2.88. The van der Waals surface area contributed by atoms with Crippen LogP contribution in [0.3, 0.4) is 0 Å². The van der Waals surface area contributed by atoms with Crippen LogP contribution >= 0.6 is 11.6 Å². The zero-order valence-corrected chi connectivity index (χ0v) is 22.8. The Labute approximate surface area is 227 Å². The predicted molar refractivity (Wildman–Crippen MR) is 152 cm³/mol. The topological polar surface area (TPSA) is 96.0 Å². The monoisotopic (exact) mass is 536 g/mol. The number of ether oxygens (including phenoxy) is 2. The lowest BCUT2D eigenvalue weighted by molar-refractivity contribution is 0.0506. The molecule has 0 aliphatic carbocycles. The van der Waals surface area contributed by atoms with Crippen LogP contribution in [0.25, 0.3) is 16.5 Å². The number of rotatable bonds is 7. The summed E-state index contributed by atoms with van der Waals surface area (Å²) in [6, 6.07) is 10.5. The van der Waals surface area contributed by atoms with Crippen LogP contribution < -0.4 is 20.1 Å². The number of fused-ring (bicyclic) bond motifs is 1. The fourth-order valence-electron chi connectivity index (χ4n) is 4.26. The number of nitrogens with one attached hydrogen (secondary N) is 2. The molecule has 3 aromatic rings. The summed E-state index contributed by atoms with van der Waals surface area (Å²) in [5, 5.41) is 16.9. The lowest BCUT2D eigenvalue weighted by Crippen LogP contribution is -2.43. The van der Waals surface area contributed by atoms with Crippen LogP contribution in [0.2, 0.25) is 5.02 Å². The van der Waals surface area contributed by atoms with Crippen molar-refractivity contribution in [3.05, 3.63) is 71.9 Å². The number of hydrogen-bond acceptors (Lipinski definition) is 6. The summed E-state index contributed by atoms with van der Waals surface area (Å²) in [5.41, 5.74) is 2.91. The predicted octanol–water partition coefficient (Wildman–Crippen LogP) is 6.20. The lowest BCUT2D eigenvalue weighted by Gasteiger charge is -2.29. The van der Waals surface area contributed by atoms with Gasteiger partial charge in [0, 0.05) is 47.9 Å². The van der Waals surface area contributed by atoms with Crippen LogP contribution in [0, 0.1) is 0 Å². The number of benzene rings is 2. The maximum Gasteiger partial charge on any atom is 0.319 e. The zero-order valence-electron chi connectivity index (χ0n) is 22.0. The van der Waals surface area contributed by atoms with Crippen LogP contribution in [0.4, 0.5) is 10.5 Å². The van der Waals surface area contributed by atoms with Crippen molar-refractivity contribution in [2.45, 2.75) is 39.0 Å². The maximum atomic E-state index is 12.2. The second-order valence-corrected chi connectivity index (χ2v) is 10.5. The number of urea groups is 1. The third-order valence-corrected chi connectivity index (χ3v) is 6.41. The Bertz CT molecular complexity index is 1380. The van der Waals surface area contributed by atoms with E-state index in [2.05, 4.69) is 28.3 Å². The van der Waals surface area contributed by atoms with Crippen molar-refractivity contribution in [3.63, 3.8) is 0 Å². The van der Waals surface area contributed by atoms with Gasteiger partial charge in [-0.3, -0.25) is 9.88 Å². The summed E-state index contributed by atoms with van der Waals surface area (Å²) in [4.78, 5) is 18.7. The molecule has 0 bridgehead atoms. The molecule has 200 valence electrons. The molecular formula is C29H33ClN4O4. The number of halogens is 1. The van der Waals surface area contributed by atoms with Crippen LogP contribution in [0.1, 0.15) is 32.8 Å². The molecule has 0 saturated heterocycles. The van der Waals surface area contributed by atoms with E-state index in [9.17, 15) is 9.90 Å². The number of pyridine rings is 1. The minimum absolute atomic E-state index is 0.339. The molecule has 1 aromatic heterocycles. The van der Waals surface area contributed by atoms with Gasteiger partial charge in [0.15, 0.2) is 0 Å². The van der Waals surface area contributed by atoms with Crippen LogP contribution in [0.5, 0.6) is 17.2 Å². The van der Waals surface area contributed by atoms with Crippen molar-refractivity contribution in [2.75, 3.05) is 25.5 Å². The van der Waals surface area contributed by atoms with E-state index < -0.39 is 6.23 Å². The average molecular weight is 537 g/mol. The molecule has 4 rings (SSSR count). The first kappa shape index (κ1) is 27.4. The summed E-state index contributed by atoms with van der Waals surface area (Å²) in [7, 11) is 1.64. The first-order valence-corrected chi connectivity index (χ1v) is 12.7. The van der Waals surface area contributed by atoms with Crippen molar-refractivity contribution >= 4 is 39.8 Å². The molecule has 1 atom stereocenters. The van der Waals surface area contributed by atoms with Crippen LogP contribution in [0.15, 0.2) is 61.3 Å². The maximum absolute atomic E-state index is 12.2. The Balaban J connectivity index is 1.61. The van der Waals surface area contributed by atoms with Gasteiger partial charge in [-0.2, -0.15) is 0 Å². The van der Waals surface area contributed by atoms with E-state index in [1.807, 2.05) is 37.8 Å². The number of nitrogens with zero attached hydrogens (tertiary/aromatic N) is 2. The molecule has 2 aromatic carbocycles. The Kier molecular flexibility index (Phi) is 8.26. The molecule has 0 radical (unpaired) electrons. The summed E-state index contributed by atoms with van der Waals surface area (Å²) in [6.07, 6.45) is 5.38. The molecule has 38 heavy (non-hydrogen) atoms. The molecule has 2 amide bonds. The smallest absolute Gasteiger partial charge is 0.319 e. The fraction of sp³-hybridized carbons (Fsp3) is 0.310. The molecule has 1 unspecified atom stereocenters. The molecule has 8 nitrogen and oxygen atoms in total. The van der Waals surface area contributed by atoms with E-state index in [4.69, 9.17) is 21.1 Å². The lowest BCUT2D eigenvalue weighted by atomic mass is 9.96. The molecule has 0 fully saturated rings. The largest absolute Gasteiger partial charge is 0.496 e. The van der Waals surface area contributed by atoms with Gasteiger partial charge < -0.3 is 25.2 Å². The van der Waals surface area contributed by atoms with Gasteiger partial charge in [0.1, 0.15) is 23.5 Å². The van der Waals surface area contributed by atoms with Crippen molar-refractivity contribution in [2.24, 2.45) is 0 Å². The minimum Gasteiger partial charge on any atom is -0.496 e. The van der Waals surface area contributed by atoms with Crippen LogP contribution in [-0.2, 0) is 0 Å². The van der Waals surface area contributed by atoms with Gasteiger partial charge >= 0.3 is 6.03 Å². The number of aliphatic hydroxyl groups excluding tert-OH is 1. The van der Waals surface area contributed by atoms with Gasteiger partial charge in [-0.25, -0.2) is 4.79 Å². The number of amides is 2. The normalized spacial score (nSPS) is 14.9. The first-order chi connectivity index (χ1) is 18.1.